The van der Waals surface area contributed by atoms with Crippen molar-refractivity contribution < 1.29 is 9.72 Å². The number of nitrogens with zero attached hydrogens (tertiary/aromatic N) is 2. The molecule has 1 unspecified atom stereocenters. The highest BCUT2D eigenvalue weighted by Crippen LogP contribution is 2.33. The molecule has 0 aromatic heterocycles. The first-order valence-corrected chi connectivity index (χ1v) is 6.51. The highest BCUT2D eigenvalue weighted by molar-refractivity contribution is 9.09. The molecule has 0 spiro atoms. The van der Waals surface area contributed by atoms with Gasteiger partial charge in [0.25, 0.3) is 5.69 Å². The average Bonchev–Trinajstić information content (AvgIpc) is 2.56. The number of aryl methyl sites for hydroxylation is 2. The van der Waals surface area contributed by atoms with Gasteiger partial charge in [0.15, 0.2) is 0 Å². The van der Waals surface area contributed by atoms with E-state index >= 15 is 0 Å². The number of benzene rings is 1. The van der Waals surface area contributed by atoms with Gasteiger partial charge in [-0.15, -0.1) is 0 Å². The molecule has 1 aromatic carbocycles. The molecule has 1 amide bonds. The van der Waals surface area contributed by atoms with Crippen LogP contribution in [0.25, 0.3) is 0 Å². The molecule has 0 radical (unpaired) electrons. The fourth-order valence-electron chi connectivity index (χ4n) is 2.34. The highest BCUT2D eigenvalue weighted by atomic mass is 79.9. The second kappa shape index (κ2) is 4.68. The Bertz CT molecular complexity index is 507. The molecule has 2 rings (SSSR count). The van der Waals surface area contributed by atoms with Crippen LogP contribution in [0.1, 0.15) is 17.5 Å². The van der Waals surface area contributed by atoms with Gasteiger partial charge in [0.2, 0.25) is 5.91 Å². The van der Waals surface area contributed by atoms with Crippen LogP contribution in [0, 0.1) is 24.0 Å². The van der Waals surface area contributed by atoms with Gasteiger partial charge in [0.1, 0.15) is 0 Å². The minimum Gasteiger partial charge on any atom is -0.311 e. The van der Waals surface area contributed by atoms with Crippen molar-refractivity contribution in [2.24, 2.45) is 0 Å². The lowest BCUT2D eigenvalue weighted by Crippen LogP contribution is -2.26. The van der Waals surface area contributed by atoms with Crippen molar-refractivity contribution in [1.29, 1.82) is 0 Å². The topological polar surface area (TPSA) is 63.5 Å². The number of rotatable bonds is 2. The Morgan fingerprint density at radius 1 is 1.39 bits per heavy atom. The van der Waals surface area contributed by atoms with Crippen LogP contribution in [0.4, 0.5) is 11.4 Å². The first-order valence-electron chi connectivity index (χ1n) is 5.60. The number of non-ortho nitro benzene ring substituents is 1. The van der Waals surface area contributed by atoms with E-state index in [0.717, 1.165) is 16.8 Å². The molecule has 6 heteroatoms. The maximum atomic E-state index is 11.9. The summed E-state index contributed by atoms with van der Waals surface area (Å²) in [6, 6.07) is 3.02. The van der Waals surface area contributed by atoms with Gasteiger partial charge < -0.3 is 4.90 Å². The predicted molar refractivity (Wildman–Crippen MR) is 72.3 cm³/mol. The number of carbonyl (C=O) groups is 1. The molecule has 1 aliphatic rings. The maximum absolute atomic E-state index is 11.9. The van der Waals surface area contributed by atoms with E-state index in [0.29, 0.717) is 13.0 Å². The van der Waals surface area contributed by atoms with Crippen LogP contribution < -0.4 is 4.90 Å². The van der Waals surface area contributed by atoms with E-state index in [4.69, 9.17) is 0 Å². The molecular formula is C12H13BrN2O3. The Hall–Kier alpha value is -1.43. The van der Waals surface area contributed by atoms with E-state index in [9.17, 15) is 14.9 Å². The fraction of sp³-hybridized carbons (Fsp3) is 0.417. The Kier molecular flexibility index (Phi) is 3.38. The van der Waals surface area contributed by atoms with Crippen LogP contribution in [0.3, 0.4) is 0 Å². The normalized spacial score (nSPS) is 19.4. The number of hydrogen-bond acceptors (Lipinski definition) is 3. The quantitative estimate of drug-likeness (QED) is 0.479. The summed E-state index contributed by atoms with van der Waals surface area (Å²) in [6.45, 7) is 4.20. The third kappa shape index (κ3) is 2.25. The lowest BCUT2D eigenvalue weighted by atomic mass is 10.1. The van der Waals surface area contributed by atoms with E-state index in [1.165, 1.54) is 12.1 Å². The van der Waals surface area contributed by atoms with Gasteiger partial charge in [-0.2, -0.15) is 0 Å². The van der Waals surface area contributed by atoms with Crippen LogP contribution >= 0.6 is 15.9 Å². The monoisotopic (exact) mass is 312 g/mol. The number of carbonyl (C=O) groups excluding carboxylic acids is 1. The minimum atomic E-state index is -0.414. The van der Waals surface area contributed by atoms with Crippen molar-refractivity contribution in [3.8, 4) is 0 Å². The number of alkyl halides is 1. The zero-order valence-corrected chi connectivity index (χ0v) is 11.7. The van der Waals surface area contributed by atoms with Crippen LogP contribution in [0.15, 0.2) is 12.1 Å². The molecule has 1 saturated heterocycles. The standard InChI is InChI=1S/C12H13BrN2O3/c1-7-3-10(15(17)18)4-8(2)12(7)14-6-9(13)5-11(14)16/h3-4,9H,5-6H2,1-2H3. The summed E-state index contributed by atoms with van der Waals surface area (Å²) < 4.78 is 0. The third-order valence-corrected chi connectivity index (χ3v) is 3.65. The number of nitro benzene ring substituents is 1. The smallest absolute Gasteiger partial charge is 0.270 e. The average molecular weight is 313 g/mol. The summed E-state index contributed by atoms with van der Waals surface area (Å²) in [5.74, 6) is 0.0527. The molecule has 5 nitrogen and oxygen atoms in total. The number of anilines is 1. The molecule has 18 heavy (non-hydrogen) atoms. The maximum Gasteiger partial charge on any atom is 0.270 e. The molecule has 1 aliphatic heterocycles. The SMILES string of the molecule is Cc1cc([N+](=O)[O-])cc(C)c1N1CC(Br)CC1=O. The first kappa shape index (κ1) is 13.0. The molecule has 96 valence electrons. The van der Waals surface area contributed by atoms with E-state index in [1.54, 1.807) is 18.7 Å². The summed E-state index contributed by atoms with van der Waals surface area (Å²) in [5, 5.41) is 10.8. The van der Waals surface area contributed by atoms with Gasteiger partial charge in [-0.1, -0.05) is 15.9 Å². The lowest BCUT2D eigenvalue weighted by Gasteiger charge is -2.20. The zero-order valence-electron chi connectivity index (χ0n) is 10.1. The third-order valence-electron chi connectivity index (χ3n) is 3.03. The summed E-state index contributed by atoms with van der Waals surface area (Å²) in [4.78, 5) is 24.1. The van der Waals surface area contributed by atoms with Crippen molar-refractivity contribution >= 4 is 33.2 Å². The second-order valence-electron chi connectivity index (χ2n) is 4.49. The van der Waals surface area contributed by atoms with Gasteiger partial charge in [0, 0.05) is 35.6 Å². The minimum absolute atomic E-state index is 0.0527. The van der Waals surface area contributed by atoms with Crippen LogP contribution in [0.5, 0.6) is 0 Å². The molecule has 0 aliphatic carbocycles. The molecule has 1 aromatic rings. The molecule has 0 saturated carbocycles. The van der Waals surface area contributed by atoms with Gasteiger partial charge in [0.05, 0.1) is 4.92 Å². The van der Waals surface area contributed by atoms with E-state index in [-0.39, 0.29) is 16.4 Å². The number of halogens is 1. The molecule has 1 fully saturated rings. The Morgan fingerprint density at radius 3 is 2.33 bits per heavy atom. The summed E-state index contributed by atoms with van der Waals surface area (Å²) in [7, 11) is 0. The van der Waals surface area contributed by atoms with Gasteiger partial charge in [-0.25, -0.2) is 0 Å². The van der Waals surface area contributed by atoms with E-state index in [1.807, 2.05) is 0 Å². The molecule has 0 N–H and O–H groups in total. The van der Waals surface area contributed by atoms with E-state index < -0.39 is 4.92 Å². The summed E-state index contributed by atoms with van der Waals surface area (Å²) >= 11 is 3.43. The van der Waals surface area contributed by atoms with Gasteiger partial charge >= 0.3 is 0 Å². The Balaban J connectivity index is 2.46. The van der Waals surface area contributed by atoms with Crippen LogP contribution in [0.2, 0.25) is 0 Å². The van der Waals surface area contributed by atoms with Crippen LogP contribution in [-0.2, 0) is 4.79 Å². The van der Waals surface area contributed by atoms with Gasteiger partial charge in [-0.05, 0) is 25.0 Å². The number of amides is 1. The Labute approximate surface area is 113 Å². The van der Waals surface area contributed by atoms with Crippen molar-refractivity contribution in [2.45, 2.75) is 25.1 Å². The first-order chi connectivity index (χ1) is 8.40. The van der Waals surface area contributed by atoms with Gasteiger partial charge in [-0.3, -0.25) is 14.9 Å². The lowest BCUT2D eigenvalue weighted by molar-refractivity contribution is -0.384. The van der Waals surface area contributed by atoms with Crippen LogP contribution in [-0.4, -0.2) is 22.2 Å². The van der Waals surface area contributed by atoms with Crippen molar-refractivity contribution in [1.82, 2.24) is 0 Å². The highest BCUT2D eigenvalue weighted by Gasteiger charge is 2.31. The summed E-state index contributed by atoms with van der Waals surface area (Å²) in [5.41, 5.74) is 2.39. The molecule has 0 bridgehead atoms. The molecule has 1 heterocycles. The fourth-order valence-corrected chi connectivity index (χ4v) is 2.91. The molecule has 1 atom stereocenters. The zero-order chi connectivity index (χ0) is 13.4. The Morgan fingerprint density at radius 2 is 1.94 bits per heavy atom. The summed E-state index contributed by atoms with van der Waals surface area (Å²) in [6.07, 6.45) is 0.468. The van der Waals surface area contributed by atoms with Crippen molar-refractivity contribution in [3.05, 3.63) is 33.4 Å². The second-order valence-corrected chi connectivity index (χ2v) is 5.79. The number of nitro groups is 1. The predicted octanol–water partition coefficient (Wildman–Crippen LogP) is 2.71. The molecular weight excluding hydrogens is 300 g/mol. The van der Waals surface area contributed by atoms with Crippen molar-refractivity contribution in [2.75, 3.05) is 11.4 Å². The number of hydrogen-bond donors (Lipinski definition) is 0. The largest absolute Gasteiger partial charge is 0.311 e. The van der Waals surface area contributed by atoms with Crippen molar-refractivity contribution in [3.63, 3.8) is 0 Å². The van der Waals surface area contributed by atoms with E-state index in [2.05, 4.69) is 15.9 Å².